The van der Waals surface area contributed by atoms with Crippen molar-refractivity contribution in [1.82, 2.24) is 9.78 Å². The molecular weight excluding hydrogens is 248 g/mol. The molecule has 2 rings (SSSR count). The van der Waals surface area contributed by atoms with Crippen LogP contribution in [0.25, 0.3) is 0 Å². The van der Waals surface area contributed by atoms with Gasteiger partial charge in [0.2, 0.25) is 0 Å². The summed E-state index contributed by atoms with van der Waals surface area (Å²) >= 11 is 0. The molecule has 0 spiro atoms. The number of aryl methyl sites for hydroxylation is 3. The Hall–Kier alpha value is -1.61. The summed E-state index contributed by atoms with van der Waals surface area (Å²) in [7, 11) is 0. The lowest BCUT2D eigenvalue weighted by Crippen LogP contribution is -2.17. The maximum Gasteiger partial charge on any atom is 0.0635 e. The summed E-state index contributed by atoms with van der Waals surface area (Å²) in [5, 5.41) is 14.8. The molecule has 1 unspecified atom stereocenters. The Kier molecular flexibility index (Phi) is 4.96. The first kappa shape index (κ1) is 14.8. The predicted octanol–water partition coefficient (Wildman–Crippen LogP) is 2.92. The predicted molar refractivity (Wildman–Crippen MR) is 81.9 cm³/mol. The summed E-state index contributed by atoms with van der Waals surface area (Å²) in [5.41, 5.74) is 4.66. The topological polar surface area (TPSA) is 38.0 Å². The van der Waals surface area contributed by atoms with Crippen LogP contribution in [0.15, 0.2) is 30.3 Å². The molecule has 2 aromatic rings. The van der Waals surface area contributed by atoms with E-state index in [-0.39, 0.29) is 6.10 Å². The summed E-state index contributed by atoms with van der Waals surface area (Å²) in [6.45, 7) is 7.13. The van der Waals surface area contributed by atoms with Gasteiger partial charge in [0, 0.05) is 18.7 Å². The molecule has 0 radical (unpaired) electrons. The molecule has 108 valence electrons. The first-order valence-electron chi connectivity index (χ1n) is 7.41. The van der Waals surface area contributed by atoms with E-state index in [1.165, 1.54) is 11.1 Å². The number of nitrogens with zero attached hydrogens (tertiary/aromatic N) is 2. The van der Waals surface area contributed by atoms with Gasteiger partial charge in [0.05, 0.1) is 11.8 Å². The molecule has 1 heterocycles. The van der Waals surface area contributed by atoms with Crippen molar-refractivity contribution in [2.24, 2.45) is 0 Å². The number of benzene rings is 1. The van der Waals surface area contributed by atoms with E-state index in [1.54, 1.807) is 0 Å². The molecule has 1 atom stereocenters. The van der Waals surface area contributed by atoms with Crippen LogP contribution < -0.4 is 0 Å². The third-order valence-electron chi connectivity index (χ3n) is 3.57. The minimum Gasteiger partial charge on any atom is -0.392 e. The van der Waals surface area contributed by atoms with Crippen molar-refractivity contribution in [2.75, 3.05) is 0 Å². The summed E-state index contributed by atoms with van der Waals surface area (Å²) in [5.74, 6) is 0. The van der Waals surface area contributed by atoms with Gasteiger partial charge in [0.25, 0.3) is 0 Å². The summed E-state index contributed by atoms with van der Waals surface area (Å²) in [6, 6.07) is 10.4. The second-order valence-corrected chi connectivity index (χ2v) is 5.35. The normalized spacial score (nSPS) is 12.6. The van der Waals surface area contributed by atoms with Crippen LogP contribution >= 0.6 is 0 Å². The molecule has 0 aliphatic rings. The van der Waals surface area contributed by atoms with Gasteiger partial charge < -0.3 is 5.11 Å². The number of hydrogen-bond donors (Lipinski definition) is 1. The molecule has 1 aromatic heterocycles. The van der Waals surface area contributed by atoms with Crippen molar-refractivity contribution >= 4 is 0 Å². The summed E-state index contributed by atoms with van der Waals surface area (Å²) < 4.78 is 2.00. The molecule has 1 aromatic carbocycles. The lowest BCUT2D eigenvalue weighted by atomic mass is 10.0. The molecule has 3 nitrogen and oxygen atoms in total. The fraction of sp³-hybridized carbons (Fsp3) is 0.471. The van der Waals surface area contributed by atoms with Gasteiger partial charge in [-0.25, -0.2) is 0 Å². The van der Waals surface area contributed by atoms with Crippen LogP contribution in [0, 0.1) is 6.92 Å². The molecule has 0 fully saturated rings. The van der Waals surface area contributed by atoms with Gasteiger partial charge in [0.15, 0.2) is 0 Å². The van der Waals surface area contributed by atoms with Crippen LogP contribution in [-0.4, -0.2) is 21.0 Å². The molecule has 0 amide bonds. The molecule has 0 saturated carbocycles. The Labute approximate surface area is 121 Å². The Balaban J connectivity index is 2.04. The van der Waals surface area contributed by atoms with Crippen molar-refractivity contribution in [3.8, 4) is 0 Å². The lowest BCUT2D eigenvalue weighted by molar-refractivity contribution is 0.172. The second kappa shape index (κ2) is 6.71. The van der Waals surface area contributed by atoms with Crippen LogP contribution in [0.1, 0.15) is 36.4 Å². The fourth-order valence-electron chi connectivity index (χ4n) is 2.55. The minimum atomic E-state index is -0.358. The van der Waals surface area contributed by atoms with Crippen molar-refractivity contribution in [3.05, 3.63) is 52.8 Å². The molecule has 0 saturated heterocycles. The van der Waals surface area contributed by atoms with Gasteiger partial charge in [-0.1, -0.05) is 36.8 Å². The first-order valence-corrected chi connectivity index (χ1v) is 7.41. The Morgan fingerprint density at radius 3 is 2.65 bits per heavy atom. The number of rotatable bonds is 6. The molecule has 0 bridgehead atoms. The Morgan fingerprint density at radius 2 is 2.00 bits per heavy atom. The Bertz CT molecular complexity index is 560. The van der Waals surface area contributed by atoms with E-state index in [9.17, 15) is 5.11 Å². The molecule has 1 N–H and O–H groups in total. The smallest absolute Gasteiger partial charge is 0.0635 e. The quantitative estimate of drug-likeness (QED) is 0.878. The maximum atomic E-state index is 10.3. The monoisotopic (exact) mass is 272 g/mol. The van der Waals surface area contributed by atoms with E-state index in [1.807, 2.05) is 10.7 Å². The van der Waals surface area contributed by atoms with Crippen molar-refractivity contribution in [2.45, 2.75) is 52.7 Å². The van der Waals surface area contributed by atoms with Gasteiger partial charge in [0.1, 0.15) is 0 Å². The number of aromatic nitrogens is 2. The maximum absolute atomic E-state index is 10.3. The van der Waals surface area contributed by atoms with Crippen LogP contribution in [0.2, 0.25) is 0 Å². The van der Waals surface area contributed by atoms with E-state index in [2.05, 4.69) is 50.1 Å². The van der Waals surface area contributed by atoms with Crippen molar-refractivity contribution in [3.63, 3.8) is 0 Å². The zero-order valence-corrected chi connectivity index (χ0v) is 12.6. The first-order chi connectivity index (χ1) is 9.62. The van der Waals surface area contributed by atoms with Crippen molar-refractivity contribution < 1.29 is 5.11 Å². The van der Waals surface area contributed by atoms with Gasteiger partial charge in [-0.3, -0.25) is 4.68 Å². The highest BCUT2D eigenvalue weighted by Gasteiger charge is 2.12. The second-order valence-electron chi connectivity index (χ2n) is 5.35. The number of aliphatic hydroxyl groups is 1. The molecule has 0 aliphatic carbocycles. The summed E-state index contributed by atoms with van der Waals surface area (Å²) in [6.07, 6.45) is 1.93. The standard InChI is InChI=1S/C17H24N2O/c1-4-15-11-16(19(5-2)18-15)12-17(20)10-14-8-6-7-13(3)9-14/h6-9,11,17,20H,4-5,10,12H2,1-3H3. The summed E-state index contributed by atoms with van der Waals surface area (Å²) in [4.78, 5) is 0. The van der Waals surface area contributed by atoms with Crippen molar-refractivity contribution in [1.29, 1.82) is 0 Å². The SMILES string of the molecule is CCc1cc(CC(O)Cc2cccc(C)c2)n(CC)n1. The van der Waals surface area contributed by atoms with E-state index in [4.69, 9.17) is 0 Å². The van der Waals surface area contributed by atoms with E-state index < -0.39 is 0 Å². The van der Waals surface area contributed by atoms with E-state index >= 15 is 0 Å². The zero-order valence-electron chi connectivity index (χ0n) is 12.6. The van der Waals surface area contributed by atoms with Crippen LogP contribution in [0.5, 0.6) is 0 Å². The van der Waals surface area contributed by atoms with Crippen LogP contribution in [0.3, 0.4) is 0 Å². The highest BCUT2D eigenvalue weighted by atomic mass is 16.3. The molecule has 20 heavy (non-hydrogen) atoms. The highest BCUT2D eigenvalue weighted by molar-refractivity contribution is 5.23. The van der Waals surface area contributed by atoms with E-state index in [0.717, 1.165) is 24.4 Å². The number of aliphatic hydroxyl groups excluding tert-OH is 1. The molecule has 0 aliphatic heterocycles. The average molecular weight is 272 g/mol. The van der Waals surface area contributed by atoms with Gasteiger partial charge >= 0.3 is 0 Å². The fourth-order valence-corrected chi connectivity index (χ4v) is 2.55. The largest absolute Gasteiger partial charge is 0.392 e. The van der Waals surface area contributed by atoms with Gasteiger partial charge in [-0.2, -0.15) is 5.10 Å². The lowest BCUT2D eigenvalue weighted by Gasteiger charge is -2.12. The minimum absolute atomic E-state index is 0.358. The highest BCUT2D eigenvalue weighted by Crippen LogP contribution is 2.12. The van der Waals surface area contributed by atoms with E-state index in [0.29, 0.717) is 12.8 Å². The van der Waals surface area contributed by atoms with Crippen LogP contribution in [-0.2, 0) is 25.8 Å². The van der Waals surface area contributed by atoms with Gasteiger partial charge in [-0.15, -0.1) is 0 Å². The number of hydrogen-bond acceptors (Lipinski definition) is 2. The Morgan fingerprint density at radius 1 is 1.20 bits per heavy atom. The van der Waals surface area contributed by atoms with Gasteiger partial charge in [-0.05, 0) is 38.3 Å². The van der Waals surface area contributed by atoms with Crippen LogP contribution in [0.4, 0.5) is 0 Å². The third-order valence-corrected chi connectivity index (χ3v) is 3.57. The average Bonchev–Trinajstić information content (AvgIpc) is 2.80. The third kappa shape index (κ3) is 3.70. The molecular formula is C17H24N2O. The molecule has 3 heteroatoms. The zero-order chi connectivity index (χ0) is 14.5.